The lowest BCUT2D eigenvalue weighted by Crippen LogP contribution is -2.14. The van der Waals surface area contributed by atoms with Gasteiger partial charge in [0.1, 0.15) is 19.8 Å². The molecular weight excluding hydrogens is 595 g/mol. The molecule has 0 aliphatic rings. The van der Waals surface area contributed by atoms with Gasteiger partial charge in [-0.15, -0.1) is 0 Å². The number of benzene rings is 2. The molecule has 13 heteroatoms. The van der Waals surface area contributed by atoms with E-state index in [9.17, 15) is 23.7 Å². The lowest BCUT2D eigenvalue weighted by molar-refractivity contribution is 0.0322. The molecule has 2 aromatic carbocycles. The number of phosphoric acid groups is 1. The van der Waals surface area contributed by atoms with Crippen LogP contribution in [-0.2, 0) is 37.1 Å². The number of ether oxygens (including phenoxy) is 4. The first kappa shape index (κ1) is 47.5. The first-order chi connectivity index (χ1) is 18.7. The number of rotatable bonds is 17. The van der Waals surface area contributed by atoms with E-state index in [-0.39, 0.29) is 106 Å². The van der Waals surface area contributed by atoms with Gasteiger partial charge in [-0.25, -0.2) is 18.9 Å². The molecule has 0 saturated carbocycles. The molecular formula is C31H51O12P. The van der Waals surface area contributed by atoms with E-state index in [0.717, 1.165) is 0 Å². The Bertz CT molecular complexity index is 1150. The lowest BCUT2D eigenvalue weighted by atomic mass is 10.1. The molecule has 2 aromatic rings. The molecule has 0 amide bonds. The van der Waals surface area contributed by atoms with Crippen LogP contribution in [0.5, 0.6) is 0 Å². The van der Waals surface area contributed by atoms with Crippen molar-refractivity contribution in [2.45, 2.75) is 51.0 Å². The van der Waals surface area contributed by atoms with Crippen molar-refractivity contribution in [2.75, 3.05) is 53.4 Å². The zero-order chi connectivity index (χ0) is 28.7. The smallest absolute Gasteiger partial charge is 0.460 e. The first-order valence-electron chi connectivity index (χ1n) is 11.9. The number of phosphoric ester groups is 1. The quantitative estimate of drug-likeness (QED) is 0.0569. The summed E-state index contributed by atoms with van der Waals surface area (Å²) in [5, 5.41) is 0. The van der Waals surface area contributed by atoms with Gasteiger partial charge in [0, 0.05) is 12.7 Å². The lowest BCUT2D eigenvalue weighted by Gasteiger charge is -2.17. The Morgan fingerprint density at radius 2 is 0.864 bits per heavy atom. The van der Waals surface area contributed by atoms with Crippen molar-refractivity contribution in [2.24, 2.45) is 0 Å². The van der Waals surface area contributed by atoms with Crippen LogP contribution >= 0.6 is 7.82 Å². The van der Waals surface area contributed by atoms with Crippen LogP contribution < -0.4 is 0 Å². The number of hydrogen-bond acceptors (Lipinski definition) is 12. The van der Waals surface area contributed by atoms with E-state index in [4.69, 9.17) is 32.5 Å². The Hall–Kier alpha value is -3.41. The van der Waals surface area contributed by atoms with Crippen LogP contribution in [0, 0.1) is 0 Å². The van der Waals surface area contributed by atoms with Crippen molar-refractivity contribution in [3.05, 3.63) is 70.8 Å². The monoisotopic (exact) mass is 646 g/mol. The van der Waals surface area contributed by atoms with Gasteiger partial charge < -0.3 is 18.9 Å². The molecule has 252 valence electrons. The summed E-state index contributed by atoms with van der Waals surface area (Å²) in [7, 11) is -2.52. The highest BCUT2D eigenvalue weighted by Crippen LogP contribution is 2.49. The molecule has 0 N–H and O–H groups in total. The van der Waals surface area contributed by atoms with Gasteiger partial charge in [-0.2, -0.15) is 0 Å². The third kappa shape index (κ3) is 16.4. The Kier molecular flexibility index (Phi) is 27.0. The van der Waals surface area contributed by atoms with E-state index in [2.05, 4.69) is 0 Å². The summed E-state index contributed by atoms with van der Waals surface area (Å²) >= 11 is 0. The fourth-order valence-corrected chi connectivity index (χ4v) is 4.02. The van der Waals surface area contributed by atoms with E-state index in [0.29, 0.717) is 5.56 Å². The highest BCUT2D eigenvalue weighted by atomic mass is 31.2. The van der Waals surface area contributed by atoms with Gasteiger partial charge in [0.2, 0.25) is 0 Å². The Morgan fingerprint density at radius 1 is 0.545 bits per heavy atom. The topological polar surface area (TPSA) is 150 Å². The van der Waals surface area contributed by atoms with E-state index >= 15 is 0 Å². The number of ketones is 1. The molecule has 2 rings (SSSR count). The molecule has 0 aliphatic heterocycles. The van der Waals surface area contributed by atoms with Crippen LogP contribution in [0.3, 0.4) is 0 Å². The normalized spacial score (nSPS) is 10.9. The first-order valence-corrected chi connectivity index (χ1v) is 13.4. The fourth-order valence-electron chi connectivity index (χ4n) is 2.89. The fraction of sp³-hybridized carbons (Fsp3) is 0.484. The van der Waals surface area contributed by atoms with Crippen LogP contribution in [0.15, 0.2) is 48.5 Å². The average molecular weight is 647 g/mol. The zero-order valence-electron chi connectivity index (χ0n) is 21.9. The molecule has 12 nitrogen and oxygen atoms in total. The second kappa shape index (κ2) is 25.0. The molecule has 0 saturated heterocycles. The van der Waals surface area contributed by atoms with Gasteiger partial charge in [-0.05, 0) is 50.2 Å². The summed E-state index contributed by atoms with van der Waals surface area (Å²) in [5.41, 5.74) is 1.15. The molecule has 0 radical (unpaired) electrons. The van der Waals surface area contributed by atoms with Gasteiger partial charge in [0.15, 0.2) is 5.78 Å². The van der Waals surface area contributed by atoms with Crippen LogP contribution in [0.1, 0.15) is 92.4 Å². The number of hydrogen-bond donors (Lipinski definition) is 0. The number of carbonyl (C=O) groups is 4. The standard InChI is InChI=1S/C26H31O12P.5CH4/c1-4-36-39(31,37-17-15-34-25(29)21-7-5-20(6-8-21)19(2)27)38-18-16-35-26(30)23-11-9-22(10-12-23)24(28)33-14-13-32-3;;;;;/h5-12H,4,13-18H2,1-3H3;5*1H4. The van der Waals surface area contributed by atoms with Gasteiger partial charge in [0.05, 0.1) is 43.1 Å². The number of Topliss-reactive ketones (excluding diaryl/α,β-unsaturated/α-hetero) is 1. The third-order valence-corrected chi connectivity index (χ3v) is 6.40. The highest BCUT2D eigenvalue weighted by molar-refractivity contribution is 7.48. The van der Waals surface area contributed by atoms with Crippen LogP contribution in [0.25, 0.3) is 0 Å². The second-order valence-electron chi connectivity index (χ2n) is 7.64. The maximum atomic E-state index is 12.7. The summed E-state index contributed by atoms with van der Waals surface area (Å²) in [6.07, 6.45) is 0. The van der Waals surface area contributed by atoms with Crippen molar-refractivity contribution in [1.82, 2.24) is 0 Å². The predicted molar refractivity (Wildman–Crippen MR) is 170 cm³/mol. The Labute approximate surface area is 262 Å². The van der Waals surface area contributed by atoms with Gasteiger partial charge in [-0.3, -0.25) is 18.4 Å². The maximum Gasteiger partial charge on any atom is 0.475 e. The van der Waals surface area contributed by atoms with Crippen molar-refractivity contribution < 1.29 is 56.3 Å². The molecule has 0 heterocycles. The molecule has 44 heavy (non-hydrogen) atoms. The van der Waals surface area contributed by atoms with Gasteiger partial charge in [0.25, 0.3) is 0 Å². The molecule has 0 aliphatic carbocycles. The van der Waals surface area contributed by atoms with Crippen LogP contribution in [0.4, 0.5) is 0 Å². The van der Waals surface area contributed by atoms with Crippen molar-refractivity contribution >= 4 is 31.5 Å². The molecule has 0 aromatic heterocycles. The minimum absolute atomic E-state index is 0. The summed E-state index contributed by atoms with van der Waals surface area (Å²) in [4.78, 5) is 47.5. The van der Waals surface area contributed by atoms with E-state index < -0.39 is 25.7 Å². The Morgan fingerprint density at radius 3 is 1.16 bits per heavy atom. The van der Waals surface area contributed by atoms with Crippen LogP contribution in [-0.4, -0.2) is 77.0 Å². The number of esters is 3. The molecule has 1 atom stereocenters. The van der Waals surface area contributed by atoms with Gasteiger partial charge in [-0.1, -0.05) is 49.3 Å². The van der Waals surface area contributed by atoms with Crippen molar-refractivity contribution in [3.8, 4) is 0 Å². The SMILES string of the molecule is C.C.C.C.C.CCOP(=O)(OCCOC(=O)c1ccc(C(C)=O)cc1)OCCOC(=O)c1ccc(C(=O)OCCOC)cc1. The number of carbonyl (C=O) groups excluding carboxylic acids is 4. The summed E-state index contributed by atoms with van der Waals surface area (Å²) < 4.78 is 48.1. The van der Waals surface area contributed by atoms with E-state index in [1.165, 1.54) is 62.6 Å². The van der Waals surface area contributed by atoms with E-state index in [1.54, 1.807) is 6.92 Å². The third-order valence-electron chi connectivity index (χ3n) is 4.82. The van der Waals surface area contributed by atoms with Crippen LogP contribution in [0.2, 0.25) is 0 Å². The summed E-state index contributed by atoms with van der Waals surface area (Å²) in [6.45, 7) is 2.32. The molecule has 1 unspecified atom stereocenters. The highest BCUT2D eigenvalue weighted by Gasteiger charge is 2.26. The largest absolute Gasteiger partial charge is 0.475 e. The van der Waals surface area contributed by atoms with Crippen molar-refractivity contribution in [1.29, 1.82) is 0 Å². The predicted octanol–water partition coefficient (Wildman–Crippen LogP) is 7.06. The summed E-state index contributed by atoms with van der Waals surface area (Å²) in [6, 6.07) is 11.6. The Balaban J connectivity index is -0.00000160. The average Bonchev–Trinajstić information content (AvgIpc) is 2.93. The maximum absolute atomic E-state index is 12.7. The zero-order valence-corrected chi connectivity index (χ0v) is 22.8. The summed E-state index contributed by atoms with van der Waals surface area (Å²) in [5.74, 6) is -2.01. The minimum atomic E-state index is -4.01. The molecule has 0 bridgehead atoms. The van der Waals surface area contributed by atoms with Gasteiger partial charge >= 0.3 is 25.7 Å². The molecule has 0 fully saturated rings. The number of methoxy groups -OCH3 is 1. The second-order valence-corrected chi connectivity index (χ2v) is 9.31. The van der Waals surface area contributed by atoms with Crippen molar-refractivity contribution in [3.63, 3.8) is 0 Å². The molecule has 0 spiro atoms. The van der Waals surface area contributed by atoms with E-state index in [1.807, 2.05) is 0 Å². The minimum Gasteiger partial charge on any atom is -0.460 e.